The first-order valence-electron chi connectivity index (χ1n) is 7.29. The summed E-state index contributed by atoms with van der Waals surface area (Å²) in [6, 6.07) is 0. The Bertz CT molecular complexity index is 346. The molecule has 4 heteroatoms. The third-order valence-corrected chi connectivity index (χ3v) is 2.82. The predicted octanol–water partition coefficient (Wildman–Crippen LogP) is 2.70. The average Bonchev–Trinajstić information content (AvgIpc) is 2.36. The molecule has 1 rings (SSSR count). The molecule has 0 radical (unpaired) electrons. The Morgan fingerprint density at radius 2 is 1.74 bits per heavy atom. The lowest BCUT2D eigenvalue weighted by Gasteiger charge is -2.22. The summed E-state index contributed by atoms with van der Waals surface area (Å²) in [5.74, 6) is 2.13. The van der Waals surface area contributed by atoms with E-state index in [0.29, 0.717) is 11.8 Å². The van der Waals surface area contributed by atoms with E-state index in [1.165, 1.54) is 0 Å². The molecular formula is C15H28N4. The molecule has 0 aliphatic rings. The Morgan fingerprint density at radius 1 is 1.11 bits per heavy atom. The Labute approximate surface area is 117 Å². The van der Waals surface area contributed by atoms with Gasteiger partial charge in [0.2, 0.25) is 5.95 Å². The highest BCUT2D eigenvalue weighted by molar-refractivity contribution is 5.29. The van der Waals surface area contributed by atoms with Crippen LogP contribution in [0.15, 0.2) is 12.4 Å². The van der Waals surface area contributed by atoms with Crippen molar-refractivity contribution < 1.29 is 0 Å². The number of hydrogen-bond donors (Lipinski definition) is 1. The molecule has 0 aliphatic heterocycles. The molecule has 4 nitrogen and oxygen atoms in total. The maximum atomic E-state index is 4.48. The molecule has 0 bridgehead atoms. The van der Waals surface area contributed by atoms with Crippen molar-refractivity contribution in [3.05, 3.63) is 18.0 Å². The highest BCUT2D eigenvalue weighted by Gasteiger charge is 2.09. The first-order chi connectivity index (χ1) is 9.02. The monoisotopic (exact) mass is 264 g/mol. The average molecular weight is 264 g/mol. The third-order valence-electron chi connectivity index (χ3n) is 2.82. The molecule has 1 N–H and O–H groups in total. The van der Waals surface area contributed by atoms with Gasteiger partial charge in [0.05, 0.1) is 0 Å². The molecule has 0 saturated carbocycles. The van der Waals surface area contributed by atoms with Gasteiger partial charge >= 0.3 is 0 Å². The van der Waals surface area contributed by atoms with Gasteiger partial charge in [-0.3, -0.25) is 0 Å². The van der Waals surface area contributed by atoms with Crippen LogP contribution in [0.4, 0.5) is 5.95 Å². The van der Waals surface area contributed by atoms with E-state index >= 15 is 0 Å². The van der Waals surface area contributed by atoms with Gasteiger partial charge in [0.15, 0.2) is 0 Å². The number of hydrogen-bond acceptors (Lipinski definition) is 4. The molecule has 0 aliphatic carbocycles. The van der Waals surface area contributed by atoms with Gasteiger partial charge in [0.25, 0.3) is 0 Å². The van der Waals surface area contributed by atoms with Crippen LogP contribution in [0.1, 0.15) is 40.2 Å². The lowest BCUT2D eigenvalue weighted by atomic mass is 10.2. The summed E-state index contributed by atoms with van der Waals surface area (Å²) in [5.41, 5.74) is 1.14. The summed E-state index contributed by atoms with van der Waals surface area (Å²) in [4.78, 5) is 11.2. The molecule has 108 valence electrons. The molecule has 0 spiro atoms. The van der Waals surface area contributed by atoms with Crippen LogP contribution in [0.3, 0.4) is 0 Å². The molecule has 0 atom stereocenters. The van der Waals surface area contributed by atoms with Crippen molar-refractivity contribution in [2.75, 3.05) is 24.5 Å². The summed E-state index contributed by atoms with van der Waals surface area (Å²) in [5, 5.41) is 3.40. The summed E-state index contributed by atoms with van der Waals surface area (Å²) < 4.78 is 0. The van der Waals surface area contributed by atoms with E-state index in [1.807, 2.05) is 12.4 Å². The SMILES string of the molecule is CCN(CC(C)C)c1ncc(CNCC(C)C)cn1. The van der Waals surface area contributed by atoms with Crippen molar-refractivity contribution in [3.63, 3.8) is 0 Å². The van der Waals surface area contributed by atoms with E-state index in [1.54, 1.807) is 0 Å². The van der Waals surface area contributed by atoms with Gasteiger partial charge in [-0.25, -0.2) is 9.97 Å². The minimum atomic E-state index is 0.621. The van der Waals surface area contributed by atoms with Crippen molar-refractivity contribution >= 4 is 5.95 Å². The zero-order valence-corrected chi connectivity index (χ0v) is 13.0. The van der Waals surface area contributed by atoms with Crippen LogP contribution in [0.5, 0.6) is 0 Å². The molecule has 0 saturated heterocycles. The second-order valence-electron chi connectivity index (χ2n) is 5.85. The quantitative estimate of drug-likeness (QED) is 0.784. The second kappa shape index (κ2) is 8.10. The summed E-state index contributed by atoms with van der Waals surface area (Å²) >= 11 is 0. The number of rotatable bonds is 8. The van der Waals surface area contributed by atoms with Gasteiger partial charge in [-0.15, -0.1) is 0 Å². The van der Waals surface area contributed by atoms with Gasteiger partial charge in [-0.1, -0.05) is 27.7 Å². The fourth-order valence-corrected chi connectivity index (χ4v) is 1.90. The van der Waals surface area contributed by atoms with E-state index in [-0.39, 0.29) is 0 Å². The van der Waals surface area contributed by atoms with Crippen LogP contribution >= 0.6 is 0 Å². The van der Waals surface area contributed by atoms with Crippen LogP contribution < -0.4 is 10.2 Å². The Morgan fingerprint density at radius 3 is 2.21 bits per heavy atom. The zero-order chi connectivity index (χ0) is 14.3. The molecule has 1 heterocycles. The normalized spacial score (nSPS) is 11.3. The Kier molecular flexibility index (Phi) is 6.78. The fourth-order valence-electron chi connectivity index (χ4n) is 1.90. The van der Waals surface area contributed by atoms with Gasteiger partial charge in [0, 0.05) is 37.6 Å². The topological polar surface area (TPSA) is 41.1 Å². The van der Waals surface area contributed by atoms with Crippen LogP contribution in [0, 0.1) is 11.8 Å². The highest BCUT2D eigenvalue weighted by Crippen LogP contribution is 2.09. The minimum Gasteiger partial charge on any atom is -0.341 e. The second-order valence-corrected chi connectivity index (χ2v) is 5.85. The minimum absolute atomic E-state index is 0.621. The van der Waals surface area contributed by atoms with Gasteiger partial charge in [0.1, 0.15) is 0 Å². The molecule has 1 aromatic rings. The smallest absolute Gasteiger partial charge is 0.225 e. The van der Waals surface area contributed by atoms with Gasteiger partial charge in [-0.2, -0.15) is 0 Å². The van der Waals surface area contributed by atoms with Crippen LogP contribution in [-0.2, 0) is 6.54 Å². The maximum absolute atomic E-state index is 4.48. The third kappa shape index (κ3) is 6.01. The summed E-state index contributed by atoms with van der Waals surface area (Å²) in [6.07, 6.45) is 3.86. The fraction of sp³-hybridized carbons (Fsp3) is 0.733. The first kappa shape index (κ1) is 15.9. The van der Waals surface area contributed by atoms with Crippen molar-refractivity contribution in [2.24, 2.45) is 11.8 Å². The lowest BCUT2D eigenvalue weighted by molar-refractivity contribution is 0.551. The van der Waals surface area contributed by atoms with Crippen LogP contribution in [-0.4, -0.2) is 29.6 Å². The number of aromatic nitrogens is 2. The summed E-state index contributed by atoms with van der Waals surface area (Å²) in [7, 11) is 0. The molecule has 0 fully saturated rings. The molecule has 0 amide bonds. The van der Waals surface area contributed by atoms with Crippen molar-refractivity contribution in [2.45, 2.75) is 41.2 Å². The van der Waals surface area contributed by atoms with E-state index in [4.69, 9.17) is 0 Å². The number of nitrogens with zero attached hydrogens (tertiary/aromatic N) is 3. The van der Waals surface area contributed by atoms with E-state index in [2.05, 4.69) is 54.8 Å². The standard InChI is InChI=1S/C15H28N4/c1-6-19(11-13(4)5)15-17-9-14(10-18-15)8-16-7-12(2)3/h9-10,12-13,16H,6-8,11H2,1-5H3. The van der Waals surface area contributed by atoms with Crippen LogP contribution in [0.2, 0.25) is 0 Å². The lowest BCUT2D eigenvalue weighted by Crippen LogP contribution is -2.29. The maximum Gasteiger partial charge on any atom is 0.225 e. The zero-order valence-electron chi connectivity index (χ0n) is 13.0. The van der Waals surface area contributed by atoms with E-state index in [9.17, 15) is 0 Å². The van der Waals surface area contributed by atoms with Gasteiger partial charge < -0.3 is 10.2 Å². The van der Waals surface area contributed by atoms with Crippen molar-refractivity contribution in [1.82, 2.24) is 15.3 Å². The summed E-state index contributed by atoms with van der Waals surface area (Å²) in [6.45, 7) is 14.8. The molecular weight excluding hydrogens is 236 g/mol. The Balaban J connectivity index is 2.54. The van der Waals surface area contributed by atoms with Crippen LogP contribution in [0.25, 0.3) is 0 Å². The molecule has 19 heavy (non-hydrogen) atoms. The van der Waals surface area contributed by atoms with Crippen molar-refractivity contribution in [3.8, 4) is 0 Å². The molecule has 1 aromatic heterocycles. The van der Waals surface area contributed by atoms with E-state index < -0.39 is 0 Å². The van der Waals surface area contributed by atoms with Crippen molar-refractivity contribution in [1.29, 1.82) is 0 Å². The number of nitrogens with one attached hydrogen (secondary N) is 1. The first-order valence-corrected chi connectivity index (χ1v) is 7.29. The predicted molar refractivity (Wildman–Crippen MR) is 81.3 cm³/mol. The van der Waals surface area contributed by atoms with E-state index in [0.717, 1.165) is 37.7 Å². The number of anilines is 1. The molecule has 0 aromatic carbocycles. The highest BCUT2D eigenvalue weighted by atomic mass is 15.2. The molecule has 0 unspecified atom stereocenters. The largest absolute Gasteiger partial charge is 0.341 e. The van der Waals surface area contributed by atoms with Gasteiger partial charge in [-0.05, 0) is 25.3 Å². The Hall–Kier alpha value is -1.16.